The number of rotatable bonds is 6. The van der Waals surface area contributed by atoms with E-state index in [0.29, 0.717) is 6.54 Å². The normalized spacial score (nSPS) is 9.72. The summed E-state index contributed by atoms with van der Waals surface area (Å²) in [4.78, 5) is 0. The molecule has 0 heterocycles. The van der Waals surface area contributed by atoms with E-state index in [0.717, 1.165) is 29.4 Å². The number of nitrogens with two attached hydrogens (primary N) is 1. The highest BCUT2D eigenvalue weighted by atomic mass is 32.2. The van der Waals surface area contributed by atoms with Crippen LogP contribution in [0.15, 0.2) is 18.2 Å². The summed E-state index contributed by atoms with van der Waals surface area (Å²) in [5.41, 5.74) is 7.60. The van der Waals surface area contributed by atoms with Gasteiger partial charge in [-0.2, -0.15) is 11.8 Å². The maximum Gasteiger partial charge on any atom is 0.119 e. The van der Waals surface area contributed by atoms with Crippen molar-refractivity contribution in [1.29, 1.82) is 0 Å². The zero-order valence-corrected chi connectivity index (χ0v) is 11.7. The minimum absolute atomic E-state index is 0.377. The van der Waals surface area contributed by atoms with Crippen LogP contribution in [-0.2, 0) is 10.5 Å². The highest BCUT2D eigenvalue weighted by molar-refractivity contribution is 7.98. The van der Waals surface area contributed by atoms with Crippen molar-refractivity contribution in [3.63, 3.8) is 0 Å². The van der Waals surface area contributed by atoms with Gasteiger partial charge in [0.05, 0.1) is 20.3 Å². The molecule has 0 aliphatic heterocycles. The Morgan fingerprint density at radius 3 is 2.83 bits per heavy atom. The minimum atomic E-state index is 0.377. The third-order valence-electron chi connectivity index (χ3n) is 2.33. The van der Waals surface area contributed by atoms with Crippen LogP contribution in [0.3, 0.4) is 0 Å². The van der Waals surface area contributed by atoms with E-state index >= 15 is 0 Å². The molecule has 0 bridgehead atoms. The molecule has 0 saturated heterocycles. The SMILES string of the molecule is COCCSCc1cc(OC)ccc1C#CCN. The van der Waals surface area contributed by atoms with Crippen molar-refractivity contribution < 1.29 is 9.47 Å². The molecule has 1 aromatic carbocycles. The number of hydrogen-bond donors (Lipinski definition) is 1. The molecular formula is C14H19NO2S. The van der Waals surface area contributed by atoms with Crippen molar-refractivity contribution in [3.05, 3.63) is 29.3 Å². The fraction of sp³-hybridized carbons (Fsp3) is 0.429. The van der Waals surface area contributed by atoms with Gasteiger partial charge >= 0.3 is 0 Å². The molecule has 0 radical (unpaired) electrons. The average Bonchev–Trinajstić information content (AvgIpc) is 2.42. The zero-order valence-electron chi connectivity index (χ0n) is 10.9. The highest BCUT2D eigenvalue weighted by Crippen LogP contribution is 2.21. The van der Waals surface area contributed by atoms with Crippen molar-refractivity contribution in [1.82, 2.24) is 0 Å². The molecule has 3 nitrogen and oxygen atoms in total. The van der Waals surface area contributed by atoms with E-state index in [-0.39, 0.29) is 0 Å². The molecule has 0 unspecified atom stereocenters. The van der Waals surface area contributed by atoms with E-state index in [4.69, 9.17) is 15.2 Å². The Morgan fingerprint density at radius 1 is 1.33 bits per heavy atom. The summed E-state index contributed by atoms with van der Waals surface area (Å²) in [5.74, 6) is 8.70. The predicted molar refractivity (Wildman–Crippen MR) is 77.0 cm³/mol. The Balaban J connectivity index is 2.76. The molecule has 0 atom stereocenters. The molecule has 0 aromatic heterocycles. The van der Waals surface area contributed by atoms with Crippen LogP contribution in [0.5, 0.6) is 5.75 Å². The van der Waals surface area contributed by atoms with E-state index in [1.165, 1.54) is 5.56 Å². The molecular weight excluding hydrogens is 246 g/mol. The van der Waals surface area contributed by atoms with Crippen LogP contribution < -0.4 is 10.5 Å². The van der Waals surface area contributed by atoms with Crippen molar-refractivity contribution in [2.75, 3.05) is 33.1 Å². The Labute approximate surface area is 113 Å². The van der Waals surface area contributed by atoms with Crippen LogP contribution in [0.2, 0.25) is 0 Å². The average molecular weight is 265 g/mol. The molecule has 0 fully saturated rings. The van der Waals surface area contributed by atoms with Crippen LogP contribution in [0, 0.1) is 11.8 Å². The number of methoxy groups -OCH3 is 2. The second-order valence-electron chi connectivity index (χ2n) is 3.57. The smallest absolute Gasteiger partial charge is 0.119 e. The highest BCUT2D eigenvalue weighted by Gasteiger charge is 2.03. The summed E-state index contributed by atoms with van der Waals surface area (Å²) in [6, 6.07) is 5.93. The van der Waals surface area contributed by atoms with Crippen LogP contribution in [0.4, 0.5) is 0 Å². The lowest BCUT2D eigenvalue weighted by atomic mass is 10.1. The summed E-state index contributed by atoms with van der Waals surface area (Å²) in [7, 11) is 3.38. The molecule has 2 N–H and O–H groups in total. The largest absolute Gasteiger partial charge is 0.497 e. The van der Waals surface area contributed by atoms with E-state index < -0.39 is 0 Å². The predicted octanol–water partition coefficient (Wildman–Crippen LogP) is 1.89. The molecule has 0 aliphatic rings. The van der Waals surface area contributed by atoms with Gasteiger partial charge in [-0.15, -0.1) is 0 Å². The van der Waals surface area contributed by atoms with Gasteiger partial charge in [-0.3, -0.25) is 0 Å². The first kappa shape index (κ1) is 14.9. The van der Waals surface area contributed by atoms with Gasteiger partial charge in [-0.05, 0) is 23.8 Å². The van der Waals surface area contributed by atoms with Gasteiger partial charge < -0.3 is 15.2 Å². The van der Waals surface area contributed by atoms with Crippen LogP contribution in [0.1, 0.15) is 11.1 Å². The van der Waals surface area contributed by atoms with Gasteiger partial charge in [0.15, 0.2) is 0 Å². The van der Waals surface area contributed by atoms with Gasteiger partial charge in [0.1, 0.15) is 5.75 Å². The van der Waals surface area contributed by atoms with E-state index in [2.05, 4.69) is 11.8 Å². The lowest BCUT2D eigenvalue weighted by molar-refractivity contribution is 0.218. The lowest BCUT2D eigenvalue weighted by Gasteiger charge is -2.07. The molecule has 4 heteroatoms. The summed E-state index contributed by atoms with van der Waals surface area (Å²) < 4.78 is 10.3. The fourth-order valence-electron chi connectivity index (χ4n) is 1.41. The Hall–Kier alpha value is -1.15. The molecule has 0 saturated carbocycles. The number of ether oxygens (including phenoxy) is 2. The first-order chi connectivity index (χ1) is 8.81. The molecule has 1 aromatic rings. The topological polar surface area (TPSA) is 44.5 Å². The minimum Gasteiger partial charge on any atom is -0.497 e. The first-order valence-electron chi connectivity index (χ1n) is 5.74. The third kappa shape index (κ3) is 5.01. The molecule has 0 spiro atoms. The van der Waals surface area contributed by atoms with Crippen molar-refractivity contribution in [2.24, 2.45) is 5.73 Å². The number of hydrogen-bond acceptors (Lipinski definition) is 4. The van der Waals surface area contributed by atoms with Crippen molar-refractivity contribution in [3.8, 4) is 17.6 Å². The van der Waals surface area contributed by atoms with Crippen LogP contribution in [-0.4, -0.2) is 33.1 Å². The lowest BCUT2D eigenvalue weighted by Crippen LogP contribution is -1.96. The van der Waals surface area contributed by atoms with Gasteiger partial charge in [-0.1, -0.05) is 11.8 Å². The van der Waals surface area contributed by atoms with E-state index in [1.807, 2.05) is 30.0 Å². The Morgan fingerprint density at radius 2 is 2.17 bits per heavy atom. The van der Waals surface area contributed by atoms with Crippen molar-refractivity contribution in [2.45, 2.75) is 5.75 Å². The molecule has 0 amide bonds. The third-order valence-corrected chi connectivity index (χ3v) is 3.30. The quantitative estimate of drug-likeness (QED) is 0.630. The maximum atomic E-state index is 5.40. The number of benzene rings is 1. The van der Waals surface area contributed by atoms with Crippen LogP contribution in [0.25, 0.3) is 0 Å². The van der Waals surface area contributed by atoms with E-state index in [1.54, 1.807) is 14.2 Å². The second kappa shape index (κ2) is 8.87. The van der Waals surface area contributed by atoms with Gasteiger partial charge in [0.25, 0.3) is 0 Å². The fourth-order valence-corrected chi connectivity index (χ4v) is 2.30. The zero-order chi connectivity index (χ0) is 13.2. The van der Waals surface area contributed by atoms with Gasteiger partial charge in [0, 0.05) is 24.2 Å². The van der Waals surface area contributed by atoms with Crippen molar-refractivity contribution >= 4 is 11.8 Å². The maximum absolute atomic E-state index is 5.40. The molecule has 18 heavy (non-hydrogen) atoms. The Kier molecular flexibility index (Phi) is 7.35. The second-order valence-corrected chi connectivity index (χ2v) is 4.68. The summed E-state index contributed by atoms with van der Waals surface area (Å²) in [6.07, 6.45) is 0. The summed E-state index contributed by atoms with van der Waals surface area (Å²) in [6.45, 7) is 1.14. The van der Waals surface area contributed by atoms with E-state index in [9.17, 15) is 0 Å². The summed E-state index contributed by atoms with van der Waals surface area (Å²) in [5, 5.41) is 0. The molecule has 1 rings (SSSR count). The summed E-state index contributed by atoms with van der Waals surface area (Å²) >= 11 is 1.82. The monoisotopic (exact) mass is 265 g/mol. The van der Waals surface area contributed by atoms with Gasteiger partial charge in [-0.25, -0.2) is 0 Å². The molecule has 0 aliphatic carbocycles. The molecule has 98 valence electrons. The van der Waals surface area contributed by atoms with Gasteiger partial charge in [0.2, 0.25) is 0 Å². The standard InChI is InChI=1S/C14H19NO2S/c1-16-8-9-18-11-13-10-14(17-2)6-5-12(13)4-3-7-15/h5-6,10H,7-9,11,15H2,1-2H3. The number of thioether (sulfide) groups is 1. The van der Waals surface area contributed by atoms with Crippen LogP contribution >= 0.6 is 11.8 Å². The first-order valence-corrected chi connectivity index (χ1v) is 6.89. The Bertz CT molecular complexity index is 424.